The van der Waals surface area contributed by atoms with E-state index >= 15 is 0 Å². The Hall–Kier alpha value is -1.23. The Kier molecular flexibility index (Phi) is 5.71. The zero-order chi connectivity index (χ0) is 14.4. The van der Waals surface area contributed by atoms with Crippen LogP contribution in [0.1, 0.15) is 30.3 Å². The maximum atomic E-state index is 5.48. The molecule has 0 aliphatic rings. The van der Waals surface area contributed by atoms with Crippen molar-refractivity contribution in [2.75, 3.05) is 20.0 Å². The molecule has 0 saturated carbocycles. The zero-order valence-electron chi connectivity index (χ0n) is 12.1. The quantitative estimate of drug-likeness (QED) is 0.781. The minimum Gasteiger partial charge on any atom is -0.468 e. The third-order valence-electron chi connectivity index (χ3n) is 3.29. The van der Waals surface area contributed by atoms with Crippen LogP contribution in [0, 0.1) is 0 Å². The fourth-order valence-electron chi connectivity index (χ4n) is 2.16. The number of ether oxygens (including phenoxy) is 1. The normalized spacial score (nSPS) is 14.2. The fraction of sp³-hybridized carbons (Fsp3) is 0.375. The Labute approximate surface area is 124 Å². The van der Waals surface area contributed by atoms with E-state index in [0.29, 0.717) is 6.61 Å². The molecule has 0 aliphatic heterocycles. The Morgan fingerprint density at radius 2 is 2.00 bits per heavy atom. The van der Waals surface area contributed by atoms with Crippen LogP contribution in [0.3, 0.4) is 0 Å². The lowest BCUT2D eigenvalue weighted by atomic mass is 10.1. The van der Waals surface area contributed by atoms with Gasteiger partial charge in [-0.15, -0.1) is 11.8 Å². The maximum Gasteiger partial charge on any atom is 0.123 e. The number of furan rings is 1. The van der Waals surface area contributed by atoms with Crippen molar-refractivity contribution in [3.63, 3.8) is 0 Å². The van der Waals surface area contributed by atoms with Crippen molar-refractivity contribution >= 4 is 11.8 Å². The van der Waals surface area contributed by atoms with Crippen LogP contribution >= 0.6 is 11.8 Å². The average Bonchev–Trinajstić information content (AvgIpc) is 3.01. The highest BCUT2D eigenvalue weighted by atomic mass is 32.2. The predicted molar refractivity (Wildman–Crippen MR) is 83.1 cm³/mol. The monoisotopic (exact) mass is 291 g/mol. The summed E-state index contributed by atoms with van der Waals surface area (Å²) in [5.41, 5.74) is 1.26. The van der Waals surface area contributed by atoms with E-state index < -0.39 is 0 Å². The first-order valence-corrected chi connectivity index (χ1v) is 7.89. The predicted octanol–water partition coefficient (Wildman–Crippen LogP) is 4.04. The second kappa shape index (κ2) is 7.53. The van der Waals surface area contributed by atoms with Gasteiger partial charge < -0.3 is 9.15 Å². The van der Waals surface area contributed by atoms with Gasteiger partial charge in [0.05, 0.1) is 18.9 Å². The van der Waals surface area contributed by atoms with E-state index in [1.807, 2.05) is 12.1 Å². The smallest absolute Gasteiger partial charge is 0.123 e. The third-order valence-corrected chi connectivity index (χ3v) is 4.03. The lowest BCUT2D eigenvalue weighted by Gasteiger charge is -2.21. The van der Waals surface area contributed by atoms with E-state index in [1.54, 1.807) is 25.1 Å². The summed E-state index contributed by atoms with van der Waals surface area (Å²) in [5.74, 6) is 0.902. The molecular weight excluding hydrogens is 270 g/mol. The van der Waals surface area contributed by atoms with Gasteiger partial charge in [-0.1, -0.05) is 12.1 Å². The highest BCUT2D eigenvalue weighted by Gasteiger charge is 2.17. The number of rotatable bonds is 7. The number of nitrogens with one attached hydrogen (secondary N) is 1. The van der Waals surface area contributed by atoms with Crippen LogP contribution < -0.4 is 5.32 Å². The summed E-state index contributed by atoms with van der Waals surface area (Å²) < 4.78 is 10.8. The summed E-state index contributed by atoms with van der Waals surface area (Å²) in [6.07, 6.45) is 3.78. The van der Waals surface area contributed by atoms with Crippen LogP contribution in [0.15, 0.2) is 52.0 Å². The van der Waals surface area contributed by atoms with E-state index in [0.717, 1.165) is 5.76 Å². The van der Waals surface area contributed by atoms with Gasteiger partial charge in [0, 0.05) is 18.0 Å². The van der Waals surface area contributed by atoms with Gasteiger partial charge in [0.15, 0.2) is 0 Å². The summed E-state index contributed by atoms with van der Waals surface area (Å²) in [5, 5.41) is 3.55. The van der Waals surface area contributed by atoms with Crippen LogP contribution in [0.5, 0.6) is 0 Å². The van der Waals surface area contributed by atoms with Crippen LogP contribution in [-0.2, 0) is 4.74 Å². The summed E-state index contributed by atoms with van der Waals surface area (Å²) in [6.45, 7) is 2.74. The molecule has 20 heavy (non-hydrogen) atoms. The van der Waals surface area contributed by atoms with Gasteiger partial charge in [-0.05, 0) is 43.0 Å². The minimum atomic E-state index is 0.0604. The van der Waals surface area contributed by atoms with Crippen molar-refractivity contribution in [1.29, 1.82) is 0 Å². The molecule has 108 valence electrons. The fourth-order valence-corrected chi connectivity index (χ4v) is 2.57. The first-order chi connectivity index (χ1) is 9.74. The van der Waals surface area contributed by atoms with Gasteiger partial charge >= 0.3 is 0 Å². The molecule has 1 aromatic heterocycles. The number of methoxy groups -OCH3 is 1. The van der Waals surface area contributed by atoms with E-state index in [1.165, 1.54) is 10.5 Å². The Balaban J connectivity index is 2.05. The Morgan fingerprint density at radius 1 is 1.25 bits per heavy atom. The summed E-state index contributed by atoms with van der Waals surface area (Å²) in [6, 6.07) is 12.8. The topological polar surface area (TPSA) is 34.4 Å². The lowest BCUT2D eigenvalue weighted by molar-refractivity contribution is 0.152. The molecular formula is C16H21NO2S. The molecule has 4 heteroatoms. The van der Waals surface area contributed by atoms with E-state index in [4.69, 9.17) is 9.15 Å². The maximum absolute atomic E-state index is 5.48. The first-order valence-electron chi connectivity index (χ1n) is 6.67. The van der Waals surface area contributed by atoms with Crippen molar-refractivity contribution in [2.24, 2.45) is 0 Å². The highest BCUT2D eigenvalue weighted by Crippen LogP contribution is 2.22. The van der Waals surface area contributed by atoms with E-state index in [9.17, 15) is 0 Å². The lowest BCUT2D eigenvalue weighted by Crippen LogP contribution is -2.27. The third kappa shape index (κ3) is 3.88. The molecule has 0 radical (unpaired) electrons. The number of hydrogen-bond acceptors (Lipinski definition) is 4. The Bertz CT molecular complexity index is 496. The molecule has 2 aromatic rings. The molecule has 0 spiro atoms. The van der Waals surface area contributed by atoms with Crippen LogP contribution in [-0.4, -0.2) is 20.0 Å². The van der Waals surface area contributed by atoms with Crippen LogP contribution in [0.25, 0.3) is 0 Å². The molecule has 2 rings (SSSR count). The summed E-state index contributed by atoms with van der Waals surface area (Å²) >= 11 is 1.75. The van der Waals surface area contributed by atoms with Gasteiger partial charge in [0.1, 0.15) is 5.76 Å². The minimum absolute atomic E-state index is 0.0604. The van der Waals surface area contributed by atoms with Gasteiger partial charge in [-0.25, -0.2) is 0 Å². The van der Waals surface area contributed by atoms with Gasteiger partial charge in [-0.3, -0.25) is 5.32 Å². The highest BCUT2D eigenvalue weighted by molar-refractivity contribution is 7.98. The average molecular weight is 291 g/mol. The first kappa shape index (κ1) is 15.2. The largest absolute Gasteiger partial charge is 0.468 e. The van der Waals surface area contributed by atoms with Crippen LogP contribution in [0.2, 0.25) is 0 Å². The second-order valence-electron chi connectivity index (χ2n) is 4.68. The van der Waals surface area contributed by atoms with Crippen LogP contribution in [0.4, 0.5) is 0 Å². The van der Waals surface area contributed by atoms with Crippen molar-refractivity contribution in [3.8, 4) is 0 Å². The van der Waals surface area contributed by atoms with Gasteiger partial charge in [0.25, 0.3) is 0 Å². The van der Waals surface area contributed by atoms with Crippen molar-refractivity contribution < 1.29 is 9.15 Å². The SMILES string of the molecule is COC[C@H](N[C@@H](C)c1ccc(SC)cc1)c1ccco1. The number of thioether (sulfide) groups is 1. The molecule has 2 atom stereocenters. The molecule has 0 unspecified atom stereocenters. The number of hydrogen-bond donors (Lipinski definition) is 1. The Morgan fingerprint density at radius 3 is 2.55 bits per heavy atom. The molecule has 1 heterocycles. The molecule has 0 bridgehead atoms. The molecule has 3 nitrogen and oxygen atoms in total. The molecule has 0 fully saturated rings. The molecule has 1 N–H and O–H groups in total. The van der Waals surface area contributed by atoms with Gasteiger partial charge in [-0.2, -0.15) is 0 Å². The van der Waals surface area contributed by atoms with E-state index in [2.05, 4.69) is 42.8 Å². The molecule has 0 amide bonds. The van der Waals surface area contributed by atoms with Crippen molar-refractivity contribution in [1.82, 2.24) is 5.32 Å². The summed E-state index contributed by atoms with van der Waals surface area (Å²) in [4.78, 5) is 1.28. The van der Waals surface area contributed by atoms with Gasteiger partial charge in [0.2, 0.25) is 0 Å². The standard InChI is InChI=1S/C16H21NO2S/c1-12(13-6-8-14(20-3)9-7-13)17-15(11-18-2)16-5-4-10-19-16/h4-10,12,15,17H,11H2,1-3H3/t12-,15-/m0/s1. The summed E-state index contributed by atoms with van der Waals surface area (Å²) in [7, 11) is 1.70. The molecule has 0 aliphatic carbocycles. The number of benzene rings is 1. The van der Waals surface area contributed by atoms with E-state index in [-0.39, 0.29) is 12.1 Å². The molecule has 1 aromatic carbocycles. The second-order valence-corrected chi connectivity index (χ2v) is 5.56. The molecule has 0 saturated heterocycles. The zero-order valence-corrected chi connectivity index (χ0v) is 12.9. The van der Waals surface area contributed by atoms with Crippen molar-refractivity contribution in [2.45, 2.75) is 23.9 Å². The van der Waals surface area contributed by atoms with Crippen molar-refractivity contribution in [3.05, 3.63) is 54.0 Å².